The van der Waals surface area contributed by atoms with Crippen LogP contribution in [0.3, 0.4) is 0 Å². The molecule has 5 rings (SSSR count). The molecule has 226 valence electrons. The molecule has 9 nitrogen and oxygen atoms in total. The lowest BCUT2D eigenvalue weighted by atomic mass is 9.75. The van der Waals surface area contributed by atoms with Crippen molar-refractivity contribution in [3.8, 4) is 5.69 Å². The Morgan fingerprint density at radius 2 is 1.86 bits per heavy atom. The van der Waals surface area contributed by atoms with Gasteiger partial charge in [0.15, 0.2) is 0 Å². The van der Waals surface area contributed by atoms with E-state index in [-0.39, 0.29) is 11.4 Å². The van der Waals surface area contributed by atoms with Crippen LogP contribution in [0.1, 0.15) is 36.0 Å². The van der Waals surface area contributed by atoms with E-state index >= 15 is 0 Å². The highest BCUT2D eigenvalue weighted by molar-refractivity contribution is 5.89. The molecule has 3 aromatic rings. The number of amidine groups is 1. The highest BCUT2D eigenvalue weighted by atomic mass is 19.4. The largest absolute Gasteiger partial charge is 0.418 e. The molecule has 0 unspecified atom stereocenters. The standard InChI is InChI=1S/C30H38F3N7O2/c1-36(2)14-21-7-9-38(10-8-21)15-22-11-25(30(31,32)33)26-17-39(28(41)40(26)16-22)24-6-4-5-23(12-24)29(18-42-19-29)13-27(35)37(3)20-34/h4-6,11-12,16-17,20-21,34-35H,7-10,13-15,18-19H2,1-3H3. The van der Waals surface area contributed by atoms with Crippen LogP contribution in [0.4, 0.5) is 13.2 Å². The maximum absolute atomic E-state index is 14.3. The fourth-order valence-electron chi connectivity index (χ4n) is 6.07. The van der Waals surface area contributed by atoms with E-state index in [1.807, 2.05) is 20.2 Å². The number of benzene rings is 1. The average Bonchev–Trinajstić information content (AvgIpc) is 3.26. The van der Waals surface area contributed by atoms with E-state index in [0.717, 1.165) is 48.8 Å². The third-order valence-corrected chi connectivity index (χ3v) is 8.48. The summed E-state index contributed by atoms with van der Waals surface area (Å²) in [5.74, 6) is 0.819. The molecule has 0 saturated carbocycles. The van der Waals surface area contributed by atoms with Gasteiger partial charge in [-0.15, -0.1) is 0 Å². The number of ether oxygens (including phenoxy) is 1. The van der Waals surface area contributed by atoms with Crippen molar-refractivity contribution in [2.75, 3.05) is 54.0 Å². The van der Waals surface area contributed by atoms with Crippen molar-refractivity contribution in [2.45, 2.75) is 37.4 Å². The molecule has 0 spiro atoms. The Hall–Kier alpha value is -3.48. The summed E-state index contributed by atoms with van der Waals surface area (Å²) in [6.45, 7) is 3.69. The van der Waals surface area contributed by atoms with Crippen LogP contribution in [0.2, 0.25) is 0 Å². The number of halogens is 3. The van der Waals surface area contributed by atoms with Crippen molar-refractivity contribution in [3.05, 3.63) is 69.9 Å². The van der Waals surface area contributed by atoms with Crippen molar-refractivity contribution in [1.29, 1.82) is 10.8 Å². The summed E-state index contributed by atoms with van der Waals surface area (Å²) >= 11 is 0. The Labute approximate surface area is 243 Å². The number of nitrogens with zero attached hydrogens (tertiary/aromatic N) is 5. The maximum Gasteiger partial charge on any atom is 0.418 e. The number of pyridine rings is 1. The molecule has 2 aliphatic rings. The van der Waals surface area contributed by atoms with Gasteiger partial charge in [0.05, 0.1) is 36.3 Å². The molecule has 0 amide bonds. The van der Waals surface area contributed by atoms with Crippen LogP contribution in [0.25, 0.3) is 11.2 Å². The normalized spacial score (nSPS) is 17.9. The minimum atomic E-state index is -4.63. The lowest BCUT2D eigenvalue weighted by molar-refractivity contribution is -0.136. The highest BCUT2D eigenvalue weighted by Gasteiger charge is 2.42. The molecule has 2 saturated heterocycles. The van der Waals surface area contributed by atoms with Gasteiger partial charge >= 0.3 is 11.9 Å². The van der Waals surface area contributed by atoms with Crippen LogP contribution in [0, 0.1) is 16.7 Å². The van der Waals surface area contributed by atoms with Gasteiger partial charge in [-0.2, -0.15) is 13.2 Å². The Balaban J connectivity index is 1.47. The Morgan fingerprint density at radius 1 is 1.14 bits per heavy atom. The van der Waals surface area contributed by atoms with E-state index < -0.39 is 22.8 Å². The number of likely N-dealkylation sites (tertiary alicyclic amines) is 1. The summed E-state index contributed by atoms with van der Waals surface area (Å²) in [5.41, 5.74) is -0.396. The predicted molar refractivity (Wildman–Crippen MR) is 156 cm³/mol. The number of fused-ring (bicyclic) bond motifs is 1. The Morgan fingerprint density at radius 3 is 2.45 bits per heavy atom. The summed E-state index contributed by atoms with van der Waals surface area (Å²) in [4.78, 5) is 19.3. The molecule has 1 aromatic carbocycles. The van der Waals surface area contributed by atoms with Crippen molar-refractivity contribution in [2.24, 2.45) is 5.92 Å². The van der Waals surface area contributed by atoms with Crippen LogP contribution < -0.4 is 5.69 Å². The van der Waals surface area contributed by atoms with E-state index in [0.29, 0.717) is 43.3 Å². The molecule has 0 atom stereocenters. The zero-order valence-corrected chi connectivity index (χ0v) is 24.2. The number of imidazole rings is 1. The van der Waals surface area contributed by atoms with E-state index in [4.69, 9.17) is 15.6 Å². The zero-order valence-electron chi connectivity index (χ0n) is 24.2. The lowest BCUT2D eigenvalue weighted by Crippen LogP contribution is -2.49. The molecule has 2 aromatic heterocycles. The molecule has 2 fully saturated rings. The SMILES string of the molecule is CN(C)CC1CCN(Cc2cc(C(F)(F)F)c3cn(-c4cccc(C5(CC(=N)N(C)C=N)COC5)c4)c(=O)n3c2)CC1. The topological polar surface area (TPSA) is 93.1 Å². The van der Waals surface area contributed by atoms with Gasteiger partial charge in [0.1, 0.15) is 5.84 Å². The first-order valence-electron chi connectivity index (χ1n) is 14.1. The van der Waals surface area contributed by atoms with Crippen LogP contribution in [0.5, 0.6) is 0 Å². The fourth-order valence-corrected chi connectivity index (χ4v) is 6.07. The third kappa shape index (κ3) is 6.02. The summed E-state index contributed by atoms with van der Waals surface area (Å²) in [5, 5.41) is 15.8. The van der Waals surface area contributed by atoms with Crippen LogP contribution >= 0.6 is 0 Å². The quantitative estimate of drug-likeness (QED) is 0.292. The molecule has 0 radical (unpaired) electrons. The van der Waals surface area contributed by atoms with Crippen molar-refractivity contribution < 1.29 is 17.9 Å². The van der Waals surface area contributed by atoms with Gasteiger partial charge in [-0.25, -0.2) is 4.79 Å². The second kappa shape index (κ2) is 11.7. The molecule has 42 heavy (non-hydrogen) atoms. The lowest BCUT2D eigenvalue weighted by Gasteiger charge is -2.42. The predicted octanol–water partition coefficient (Wildman–Crippen LogP) is 4.06. The number of hydrogen-bond acceptors (Lipinski definition) is 6. The molecular weight excluding hydrogens is 547 g/mol. The molecule has 0 bridgehead atoms. The van der Waals surface area contributed by atoms with E-state index in [9.17, 15) is 18.0 Å². The Kier molecular flexibility index (Phi) is 8.32. The highest BCUT2D eigenvalue weighted by Crippen LogP contribution is 2.38. The molecule has 0 aliphatic carbocycles. The van der Waals surface area contributed by atoms with Gasteiger partial charge in [-0.1, -0.05) is 12.1 Å². The van der Waals surface area contributed by atoms with Gasteiger partial charge in [-0.05, 0) is 75.3 Å². The minimum Gasteiger partial charge on any atom is -0.379 e. The second-order valence-electron chi connectivity index (χ2n) is 12.0. The summed E-state index contributed by atoms with van der Waals surface area (Å²) in [6, 6.07) is 8.30. The van der Waals surface area contributed by atoms with Crippen LogP contribution in [-0.4, -0.2) is 89.8 Å². The summed E-state index contributed by atoms with van der Waals surface area (Å²) < 4.78 is 50.7. The van der Waals surface area contributed by atoms with Gasteiger partial charge in [0.25, 0.3) is 0 Å². The first-order chi connectivity index (χ1) is 19.9. The van der Waals surface area contributed by atoms with Crippen LogP contribution in [0.15, 0.2) is 47.5 Å². The Bertz CT molecular complexity index is 1520. The monoisotopic (exact) mass is 585 g/mol. The van der Waals surface area contributed by atoms with E-state index in [1.165, 1.54) is 27.9 Å². The number of nitrogens with one attached hydrogen (secondary N) is 2. The van der Waals surface area contributed by atoms with Crippen LogP contribution in [-0.2, 0) is 22.9 Å². The number of piperidine rings is 1. The average molecular weight is 586 g/mol. The van der Waals surface area contributed by atoms with E-state index in [1.54, 1.807) is 25.2 Å². The van der Waals surface area contributed by atoms with E-state index in [2.05, 4.69) is 9.80 Å². The maximum atomic E-state index is 14.3. The van der Waals surface area contributed by atoms with Gasteiger partial charge in [0, 0.05) is 44.4 Å². The van der Waals surface area contributed by atoms with Crippen molar-refractivity contribution in [3.63, 3.8) is 0 Å². The molecule has 2 N–H and O–H groups in total. The minimum absolute atomic E-state index is 0.192. The zero-order chi connectivity index (χ0) is 30.2. The summed E-state index contributed by atoms with van der Waals surface area (Å²) in [6.07, 6.45) is 1.53. The first-order valence-corrected chi connectivity index (χ1v) is 14.1. The second-order valence-corrected chi connectivity index (χ2v) is 12.0. The number of alkyl halides is 3. The molecule has 2 aliphatic heterocycles. The van der Waals surface area contributed by atoms with Gasteiger partial charge < -0.3 is 14.5 Å². The number of aromatic nitrogens is 2. The van der Waals surface area contributed by atoms with Crippen molar-refractivity contribution >= 4 is 17.7 Å². The fraction of sp³-hybridized carbons (Fsp3) is 0.500. The van der Waals surface area contributed by atoms with Crippen molar-refractivity contribution in [1.82, 2.24) is 23.7 Å². The number of hydrogen-bond donors (Lipinski definition) is 2. The smallest absolute Gasteiger partial charge is 0.379 e. The third-order valence-electron chi connectivity index (χ3n) is 8.48. The van der Waals surface area contributed by atoms with Gasteiger partial charge in [0.2, 0.25) is 0 Å². The molecular formula is C30H38F3N7O2. The first kappa shape index (κ1) is 30.0. The molecule has 4 heterocycles. The molecule has 12 heteroatoms. The number of rotatable bonds is 9. The summed E-state index contributed by atoms with van der Waals surface area (Å²) in [7, 11) is 5.72. The van der Waals surface area contributed by atoms with Gasteiger partial charge in [-0.3, -0.25) is 24.7 Å².